The molecule has 0 aliphatic rings. The maximum atomic E-state index is 13.3. The maximum Gasteiger partial charge on any atom is 0.284 e. The summed E-state index contributed by atoms with van der Waals surface area (Å²) in [6, 6.07) is 1.64. The third kappa shape index (κ3) is 5.68. The first-order valence-corrected chi connectivity index (χ1v) is 11.4. The zero-order chi connectivity index (χ0) is 23.8. The predicted octanol–water partition coefficient (Wildman–Crippen LogP) is 5.52. The topological polar surface area (TPSA) is 81.2 Å². The second-order valence-corrected chi connectivity index (χ2v) is 7.41. The van der Waals surface area contributed by atoms with Crippen molar-refractivity contribution >= 4 is 52.0 Å². The first-order valence-electron chi connectivity index (χ1n) is 10.3. The molecule has 3 rings (SSSR count). The number of fused-ring (bicyclic) bond motifs is 1. The number of nitrogens with zero attached hydrogens (tertiary/aromatic N) is 7. The lowest BCUT2D eigenvalue weighted by atomic mass is 10.3. The minimum atomic E-state index is -0.274. The Kier molecular flexibility index (Phi) is 9.68. The highest BCUT2D eigenvalue weighted by molar-refractivity contribution is 6.33. The molecule has 0 saturated carbocycles. The Hall–Kier alpha value is -2.42. The second kappa shape index (κ2) is 12.0. The van der Waals surface area contributed by atoms with E-state index in [2.05, 4.69) is 20.1 Å². The van der Waals surface area contributed by atoms with Crippen molar-refractivity contribution in [3.05, 3.63) is 62.3 Å². The molecule has 0 fully saturated rings. The standard InChI is InChI=1S/C19H20Cl3N7O.C2H6/c1-4-7-12(6-3)29-14(26-28-10-8-13(20)15(28)16(29)30)11-27(9-5-2)19-24-17(21)23-18(22)25-19;1-2/h4,6-8,10H,5,9,11H2,1-3H3;1-2H3/b7-4-,12-6+;. The van der Waals surface area contributed by atoms with E-state index in [1.807, 2.05) is 57.7 Å². The van der Waals surface area contributed by atoms with Crippen LogP contribution in [0, 0.1) is 0 Å². The molecule has 3 aromatic rings. The molecule has 8 nitrogen and oxygen atoms in total. The molecule has 3 aromatic heterocycles. The molecule has 0 radical (unpaired) electrons. The maximum absolute atomic E-state index is 13.3. The van der Waals surface area contributed by atoms with Crippen LogP contribution < -0.4 is 10.5 Å². The van der Waals surface area contributed by atoms with Crippen molar-refractivity contribution in [3.63, 3.8) is 0 Å². The summed E-state index contributed by atoms with van der Waals surface area (Å²) in [6.45, 7) is 10.6. The van der Waals surface area contributed by atoms with Gasteiger partial charge in [0.25, 0.3) is 5.56 Å². The summed E-state index contributed by atoms with van der Waals surface area (Å²) >= 11 is 18.2. The van der Waals surface area contributed by atoms with Gasteiger partial charge in [0.05, 0.1) is 11.6 Å². The highest BCUT2D eigenvalue weighted by Gasteiger charge is 2.20. The van der Waals surface area contributed by atoms with Gasteiger partial charge in [-0.15, -0.1) is 0 Å². The van der Waals surface area contributed by atoms with Crippen LogP contribution in [0.15, 0.2) is 35.3 Å². The van der Waals surface area contributed by atoms with Crippen LogP contribution in [0.3, 0.4) is 0 Å². The van der Waals surface area contributed by atoms with E-state index in [9.17, 15) is 4.79 Å². The summed E-state index contributed by atoms with van der Waals surface area (Å²) in [5, 5.41) is 4.97. The SMILES string of the molecule is C/C=C\C(=C/C)n1c(CN(CCC)c2nc(Cl)nc(Cl)n2)nn2ccc(Cl)c2c1=O.CC. The Labute approximate surface area is 202 Å². The normalized spacial score (nSPS) is 11.7. The molecule has 3 heterocycles. The summed E-state index contributed by atoms with van der Waals surface area (Å²) in [5.41, 5.74) is 0.704. The Balaban J connectivity index is 0.00000176. The average Bonchev–Trinajstić information content (AvgIpc) is 3.14. The van der Waals surface area contributed by atoms with Crippen molar-refractivity contribution in [1.29, 1.82) is 0 Å². The molecule has 0 bridgehead atoms. The highest BCUT2D eigenvalue weighted by Crippen LogP contribution is 2.20. The van der Waals surface area contributed by atoms with Gasteiger partial charge in [-0.2, -0.15) is 20.1 Å². The molecular weight excluding hydrogens is 473 g/mol. The van der Waals surface area contributed by atoms with Crippen LogP contribution in [0.1, 0.15) is 46.9 Å². The minimum absolute atomic E-state index is 0.00726. The van der Waals surface area contributed by atoms with Crippen LogP contribution in [0.4, 0.5) is 5.95 Å². The fourth-order valence-corrected chi connectivity index (χ4v) is 3.64. The van der Waals surface area contributed by atoms with E-state index in [0.717, 1.165) is 6.42 Å². The van der Waals surface area contributed by atoms with Gasteiger partial charge in [-0.25, -0.2) is 4.52 Å². The molecule has 172 valence electrons. The van der Waals surface area contributed by atoms with E-state index in [1.165, 1.54) is 9.08 Å². The first kappa shape index (κ1) is 25.8. The van der Waals surface area contributed by atoms with Crippen LogP contribution in [0.2, 0.25) is 15.6 Å². The second-order valence-electron chi connectivity index (χ2n) is 6.32. The number of anilines is 1. The van der Waals surface area contributed by atoms with Crippen molar-refractivity contribution in [2.45, 2.75) is 47.6 Å². The van der Waals surface area contributed by atoms with Gasteiger partial charge in [0.2, 0.25) is 16.5 Å². The summed E-state index contributed by atoms with van der Waals surface area (Å²) in [4.78, 5) is 27.3. The van der Waals surface area contributed by atoms with E-state index >= 15 is 0 Å². The molecular formula is C21H26Cl3N7O. The van der Waals surface area contributed by atoms with Gasteiger partial charge in [-0.3, -0.25) is 9.36 Å². The van der Waals surface area contributed by atoms with E-state index in [4.69, 9.17) is 34.8 Å². The molecule has 11 heteroatoms. The van der Waals surface area contributed by atoms with Gasteiger partial charge >= 0.3 is 0 Å². The third-order valence-electron chi connectivity index (χ3n) is 4.27. The minimum Gasteiger partial charge on any atom is -0.333 e. The Bertz CT molecular complexity index is 1160. The Morgan fingerprint density at radius 1 is 1.12 bits per heavy atom. The quantitative estimate of drug-likeness (QED) is 0.399. The molecule has 0 aromatic carbocycles. The molecule has 0 amide bonds. The molecule has 0 unspecified atom stereocenters. The van der Waals surface area contributed by atoms with E-state index in [1.54, 1.807) is 12.3 Å². The predicted molar refractivity (Wildman–Crippen MR) is 132 cm³/mol. The summed E-state index contributed by atoms with van der Waals surface area (Å²) < 4.78 is 3.02. The van der Waals surface area contributed by atoms with E-state index in [0.29, 0.717) is 34.6 Å². The van der Waals surface area contributed by atoms with Crippen molar-refractivity contribution in [3.8, 4) is 0 Å². The Morgan fingerprint density at radius 3 is 2.34 bits per heavy atom. The van der Waals surface area contributed by atoms with Gasteiger partial charge in [0, 0.05) is 18.4 Å². The Morgan fingerprint density at radius 2 is 1.78 bits per heavy atom. The molecule has 0 spiro atoms. The summed E-state index contributed by atoms with van der Waals surface area (Å²) in [7, 11) is 0. The number of allylic oxidation sites excluding steroid dienone is 4. The van der Waals surface area contributed by atoms with E-state index < -0.39 is 0 Å². The smallest absolute Gasteiger partial charge is 0.284 e. The number of halogens is 3. The van der Waals surface area contributed by atoms with Gasteiger partial charge in [0.15, 0.2) is 5.82 Å². The van der Waals surface area contributed by atoms with Crippen molar-refractivity contribution in [2.75, 3.05) is 11.4 Å². The zero-order valence-corrected chi connectivity index (χ0v) is 20.9. The van der Waals surface area contributed by atoms with Crippen LogP contribution in [-0.2, 0) is 6.54 Å². The van der Waals surface area contributed by atoms with Crippen LogP contribution in [-0.4, -0.2) is 35.7 Å². The molecule has 0 saturated heterocycles. The van der Waals surface area contributed by atoms with Crippen molar-refractivity contribution in [1.82, 2.24) is 29.1 Å². The van der Waals surface area contributed by atoms with E-state index in [-0.39, 0.29) is 22.7 Å². The first-order chi connectivity index (χ1) is 15.4. The molecule has 32 heavy (non-hydrogen) atoms. The van der Waals surface area contributed by atoms with Gasteiger partial charge in [-0.05, 0) is 55.6 Å². The fourth-order valence-electron chi connectivity index (χ4n) is 3.06. The number of hydrogen-bond acceptors (Lipinski definition) is 6. The van der Waals surface area contributed by atoms with Crippen LogP contribution >= 0.6 is 34.8 Å². The van der Waals surface area contributed by atoms with Gasteiger partial charge < -0.3 is 4.90 Å². The van der Waals surface area contributed by atoms with Crippen molar-refractivity contribution < 1.29 is 0 Å². The van der Waals surface area contributed by atoms with Crippen LogP contribution in [0.5, 0.6) is 0 Å². The molecule has 0 atom stereocenters. The fraction of sp³-hybridized carbons (Fsp3) is 0.381. The summed E-state index contributed by atoms with van der Waals surface area (Å²) in [5.74, 6) is 0.786. The summed E-state index contributed by atoms with van der Waals surface area (Å²) in [6.07, 6.45) is 7.97. The van der Waals surface area contributed by atoms with Crippen molar-refractivity contribution in [2.24, 2.45) is 0 Å². The number of hydrogen-bond donors (Lipinski definition) is 0. The highest BCUT2D eigenvalue weighted by atomic mass is 35.5. The monoisotopic (exact) mass is 497 g/mol. The molecule has 0 aliphatic carbocycles. The number of rotatable bonds is 7. The zero-order valence-electron chi connectivity index (χ0n) is 18.7. The number of aromatic nitrogens is 6. The largest absolute Gasteiger partial charge is 0.333 e. The van der Waals surface area contributed by atoms with Crippen LogP contribution in [0.25, 0.3) is 11.2 Å². The molecule has 0 aliphatic heterocycles. The van der Waals surface area contributed by atoms with Gasteiger partial charge in [-0.1, -0.05) is 44.5 Å². The lowest BCUT2D eigenvalue weighted by Gasteiger charge is -2.23. The lowest BCUT2D eigenvalue weighted by Crippen LogP contribution is -2.33. The van der Waals surface area contributed by atoms with Gasteiger partial charge in [0.1, 0.15) is 5.52 Å². The average molecular weight is 499 g/mol. The third-order valence-corrected chi connectivity index (χ3v) is 4.92. The molecule has 0 N–H and O–H groups in total. The lowest BCUT2D eigenvalue weighted by molar-refractivity contribution is 0.662.